The molecule has 130 valence electrons. The molecule has 0 unspecified atom stereocenters. The number of benzene rings is 2. The Balaban J connectivity index is 1.30. The Morgan fingerprint density at radius 2 is 2.08 bits per heavy atom. The van der Waals surface area contributed by atoms with Gasteiger partial charge in [0.15, 0.2) is 11.2 Å². The Morgan fingerprint density at radius 1 is 1.15 bits per heavy atom. The Hall–Kier alpha value is -2.86. The van der Waals surface area contributed by atoms with Crippen LogP contribution in [-0.2, 0) is 17.6 Å². The zero-order valence-corrected chi connectivity index (χ0v) is 14.7. The van der Waals surface area contributed by atoms with E-state index in [4.69, 9.17) is 9.47 Å². The fraction of sp³-hybridized carbons (Fsp3) is 0.200. The van der Waals surface area contributed by atoms with Gasteiger partial charge in [0.1, 0.15) is 11.5 Å². The number of fused-ring (bicyclic) bond motifs is 2. The second kappa shape index (κ2) is 6.14. The summed E-state index contributed by atoms with van der Waals surface area (Å²) >= 11 is 1.42. The maximum absolute atomic E-state index is 12.5. The maximum Gasteiger partial charge on any atom is 0.267 e. The number of nitrogens with zero attached hydrogens (tertiary/aromatic N) is 1. The summed E-state index contributed by atoms with van der Waals surface area (Å²) < 4.78 is 11.3. The van der Waals surface area contributed by atoms with E-state index in [2.05, 4.69) is 16.4 Å². The van der Waals surface area contributed by atoms with Gasteiger partial charge in [-0.2, -0.15) is 0 Å². The van der Waals surface area contributed by atoms with Gasteiger partial charge in [-0.05, 0) is 35.4 Å². The average molecular weight is 364 g/mol. The smallest absolute Gasteiger partial charge is 0.267 e. The van der Waals surface area contributed by atoms with E-state index < -0.39 is 6.10 Å². The summed E-state index contributed by atoms with van der Waals surface area (Å²) in [7, 11) is 0. The molecule has 0 bridgehead atoms. The summed E-state index contributed by atoms with van der Waals surface area (Å²) in [4.78, 5) is 17.1. The number of carbonyl (C=O) groups excluding carboxylic acids is 1. The van der Waals surface area contributed by atoms with Gasteiger partial charge in [-0.25, -0.2) is 4.98 Å². The van der Waals surface area contributed by atoms with Crippen LogP contribution in [0.1, 0.15) is 11.1 Å². The molecule has 3 aromatic rings. The standard InChI is InChI=1S/C20H16N2O3S/c23-19(18-10-13-3-1-2-4-17(13)25-18)22-20-21-15(11-26-20)12-5-6-16-14(9-12)7-8-24-16/h1-6,9,11,18H,7-8,10H2,(H,21,22,23)/t18-/m1/s1. The van der Waals surface area contributed by atoms with Crippen LogP contribution in [0.15, 0.2) is 47.8 Å². The van der Waals surface area contributed by atoms with Crippen LogP contribution < -0.4 is 14.8 Å². The van der Waals surface area contributed by atoms with Gasteiger partial charge in [-0.3, -0.25) is 10.1 Å². The van der Waals surface area contributed by atoms with Gasteiger partial charge in [0.25, 0.3) is 5.91 Å². The minimum Gasteiger partial charge on any atom is -0.493 e. The lowest BCUT2D eigenvalue weighted by Crippen LogP contribution is -2.31. The molecule has 0 aliphatic carbocycles. The quantitative estimate of drug-likeness (QED) is 0.770. The highest BCUT2D eigenvalue weighted by Crippen LogP contribution is 2.32. The molecule has 2 aromatic carbocycles. The third kappa shape index (κ3) is 2.72. The molecule has 0 saturated heterocycles. The van der Waals surface area contributed by atoms with E-state index in [1.807, 2.05) is 41.8 Å². The van der Waals surface area contributed by atoms with E-state index in [1.54, 1.807) is 0 Å². The maximum atomic E-state index is 12.5. The molecule has 26 heavy (non-hydrogen) atoms. The molecule has 1 N–H and O–H groups in total. The highest BCUT2D eigenvalue weighted by Gasteiger charge is 2.29. The lowest BCUT2D eigenvalue weighted by Gasteiger charge is -2.09. The van der Waals surface area contributed by atoms with Crippen LogP contribution in [0.4, 0.5) is 5.13 Å². The van der Waals surface area contributed by atoms with E-state index >= 15 is 0 Å². The molecule has 3 heterocycles. The van der Waals surface area contributed by atoms with Crippen molar-refractivity contribution < 1.29 is 14.3 Å². The number of aromatic nitrogens is 1. The zero-order chi connectivity index (χ0) is 17.5. The third-order valence-electron chi connectivity index (χ3n) is 4.66. The largest absolute Gasteiger partial charge is 0.493 e. The summed E-state index contributed by atoms with van der Waals surface area (Å²) in [6, 6.07) is 13.8. The van der Waals surface area contributed by atoms with Crippen molar-refractivity contribution in [1.29, 1.82) is 0 Å². The van der Waals surface area contributed by atoms with Gasteiger partial charge in [0, 0.05) is 23.8 Å². The molecular weight excluding hydrogens is 348 g/mol. The molecule has 2 aliphatic heterocycles. The van der Waals surface area contributed by atoms with Gasteiger partial charge < -0.3 is 9.47 Å². The Bertz CT molecular complexity index is 973. The van der Waals surface area contributed by atoms with Crippen molar-refractivity contribution in [3.05, 3.63) is 59.0 Å². The number of carbonyl (C=O) groups is 1. The molecule has 0 spiro atoms. The van der Waals surface area contributed by atoms with E-state index in [0.29, 0.717) is 11.6 Å². The van der Waals surface area contributed by atoms with Gasteiger partial charge >= 0.3 is 0 Å². The van der Waals surface area contributed by atoms with Crippen molar-refractivity contribution in [2.24, 2.45) is 0 Å². The normalized spacial score (nSPS) is 17.2. The minimum absolute atomic E-state index is 0.163. The van der Waals surface area contributed by atoms with Gasteiger partial charge in [0.05, 0.1) is 12.3 Å². The van der Waals surface area contributed by atoms with E-state index in [0.717, 1.165) is 41.3 Å². The Morgan fingerprint density at radius 3 is 3.00 bits per heavy atom. The number of rotatable bonds is 3. The molecule has 0 saturated carbocycles. The van der Waals surface area contributed by atoms with Crippen LogP contribution in [0.2, 0.25) is 0 Å². The van der Waals surface area contributed by atoms with Gasteiger partial charge in [-0.15, -0.1) is 11.3 Å². The summed E-state index contributed by atoms with van der Waals surface area (Å²) in [6.07, 6.45) is 1.01. The summed E-state index contributed by atoms with van der Waals surface area (Å²) in [6.45, 7) is 0.737. The van der Waals surface area contributed by atoms with Crippen molar-refractivity contribution in [2.45, 2.75) is 18.9 Å². The molecule has 2 aliphatic rings. The fourth-order valence-corrected chi connectivity index (χ4v) is 4.05. The summed E-state index contributed by atoms with van der Waals surface area (Å²) in [5.41, 5.74) is 4.16. The number of ether oxygens (including phenoxy) is 2. The molecule has 0 fully saturated rings. The predicted octanol–water partition coefficient (Wildman–Crippen LogP) is 3.69. The topological polar surface area (TPSA) is 60.5 Å². The lowest BCUT2D eigenvalue weighted by molar-refractivity contribution is -0.122. The van der Waals surface area contributed by atoms with Crippen LogP contribution in [0.3, 0.4) is 0 Å². The Kier molecular flexibility index (Phi) is 3.64. The number of hydrogen-bond donors (Lipinski definition) is 1. The summed E-state index contributed by atoms with van der Waals surface area (Å²) in [5, 5.41) is 5.42. The first-order chi connectivity index (χ1) is 12.8. The number of anilines is 1. The number of para-hydroxylation sites is 1. The van der Waals surface area contributed by atoms with Crippen molar-refractivity contribution in [3.63, 3.8) is 0 Å². The van der Waals surface area contributed by atoms with Gasteiger partial charge in [-0.1, -0.05) is 18.2 Å². The predicted molar refractivity (Wildman–Crippen MR) is 99.9 cm³/mol. The zero-order valence-electron chi connectivity index (χ0n) is 13.9. The van der Waals surface area contributed by atoms with Crippen LogP contribution in [0.25, 0.3) is 11.3 Å². The van der Waals surface area contributed by atoms with Crippen molar-refractivity contribution in [2.75, 3.05) is 11.9 Å². The first-order valence-electron chi connectivity index (χ1n) is 8.53. The Labute approximate surface area is 154 Å². The van der Waals surface area contributed by atoms with E-state index in [9.17, 15) is 4.79 Å². The first-order valence-corrected chi connectivity index (χ1v) is 9.41. The molecule has 6 heteroatoms. The molecule has 5 rings (SSSR count). The second-order valence-electron chi connectivity index (χ2n) is 6.37. The van der Waals surface area contributed by atoms with Gasteiger partial charge in [0.2, 0.25) is 0 Å². The highest BCUT2D eigenvalue weighted by atomic mass is 32.1. The second-order valence-corrected chi connectivity index (χ2v) is 7.22. The lowest BCUT2D eigenvalue weighted by atomic mass is 10.1. The van der Waals surface area contributed by atoms with E-state index in [1.165, 1.54) is 16.9 Å². The van der Waals surface area contributed by atoms with Crippen LogP contribution in [0.5, 0.6) is 11.5 Å². The van der Waals surface area contributed by atoms with Crippen molar-refractivity contribution in [1.82, 2.24) is 4.98 Å². The molecule has 1 atom stereocenters. The van der Waals surface area contributed by atoms with Crippen molar-refractivity contribution in [3.8, 4) is 22.8 Å². The minimum atomic E-state index is -0.503. The summed E-state index contributed by atoms with van der Waals surface area (Å²) in [5.74, 6) is 1.58. The SMILES string of the molecule is O=C(Nc1nc(-c2ccc3c(c2)CCO3)cs1)[C@H]1Cc2ccccc2O1. The average Bonchev–Trinajstić information content (AvgIpc) is 3.39. The van der Waals surface area contributed by atoms with E-state index in [-0.39, 0.29) is 5.91 Å². The molecule has 0 radical (unpaired) electrons. The molecule has 1 amide bonds. The molecular formula is C20H16N2O3S. The third-order valence-corrected chi connectivity index (χ3v) is 5.42. The number of hydrogen-bond acceptors (Lipinski definition) is 5. The number of amides is 1. The van der Waals surface area contributed by atoms with Crippen LogP contribution in [-0.4, -0.2) is 23.6 Å². The number of thiazole rings is 1. The highest BCUT2D eigenvalue weighted by molar-refractivity contribution is 7.14. The fourth-order valence-electron chi connectivity index (χ4n) is 3.32. The molecule has 5 nitrogen and oxygen atoms in total. The monoisotopic (exact) mass is 364 g/mol. The van der Waals surface area contributed by atoms with Crippen LogP contribution >= 0.6 is 11.3 Å². The molecule has 1 aromatic heterocycles. The van der Waals surface area contributed by atoms with Crippen molar-refractivity contribution >= 4 is 22.4 Å². The first kappa shape index (κ1) is 15.4. The number of nitrogens with one attached hydrogen (secondary N) is 1. The van der Waals surface area contributed by atoms with Crippen LogP contribution in [0, 0.1) is 0 Å².